The number of aromatic nitrogens is 2. The van der Waals surface area contributed by atoms with Crippen LogP contribution in [0.1, 0.15) is 22.1 Å². The number of nitrogens with one attached hydrogen (secondary N) is 3. The van der Waals surface area contributed by atoms with Crippen molar-refractivity contribution in [2.75, 3.05) is 104 Å². The van der Waals surface area contributed by atoms with Crippen LogP contribution in [-0.4, -0.2) is 237 Å². The van der Waals surface area contributed by atoms with Gasteiger partial charge in [-0.2, -0.15) is 23.5 Å². The molecule has 4 aromatic rings. The summed E-state index contributed by atoms with van der Waals surface area (Å²) in [4.78, 5) is 146. The molecule has 4 heterocycles. The smallest absolute Gasteiger partial charge is 0.274 e. The van der Waals surface area contributed by atoms with Crippen LogP contribution in [-0.2, 0) is 38.4 Å². The number of carbonyl (C=O) groups is 9. The first kappa shape index (κ1) is 57.8. The van der Waals surface area contributed by atoms with Gasteiger partial charge >= 0.3 is 0 Å². The largest absolute Gasteiger partial charge is 0.506 e. The highest BCUT2D eigenvalue weighted by Gasteiger charge is 2.41. The first-order valence-electron chi connectivity index (χ1n) is 23.5. The SMILES string of the molecule is CSC[C@H]1C(=O)N(C)C[C@@H](c2nc3ccccc3cc2O)C(=O)NCC(=O)N(C)[C@H]2CSSC[C@@H](C(=O)N1C)N(C)C(=O)CNC(=O)[C@H](NC(=O)c1nc3ccccc3cc1O)CN(C)C(=O)[C@H](CSC)N(C)C2=O. The number of carbonyl (C=O) groups excluding carboxylic acids is 9. The van der Waals surface area contributed by atoms with Gasteiger partial charge < -0.3 is 55.6 Å². The number of aromatic hydroxyl groups is 2. The molecule has 2 bridgehead atoms. The standard InChI is InChI=1S/C49H61N11O11S4/c1-55-21-29(41-37(61)17-27-13-9-11-15-30(27)52-41)43(65)50-19-39(63)57(3)35-25-74-75-26-36(48(70)59(5)33(23-72-7)46(55)68)58(4)40(64)20-51-44(66)32(22-56(2)47(69)34(24-73-8)60(6)49(35)71)54-45(67)42-38(62)18-28-14-10-12-16-31(28)53-42/h9-18,29,32-36,61-62H,19-26H2,1-8H3,(H,50,65)(H,51,66)(H,54,67)/t29-,32+,33-,34-,35-,36-/m0/s1. The molecule has 2 aromatic carbocycles. The number of hydrogen-bond donors (Lipinski definition) is 5. The number of amides is 9. The molecule has 2 aliphatic heterocycles. The van der Waals surface area contributed by atoms with E-state index in [4.69, 9.17) is 0 Å². The van der Waals surface area contributed by atoms with Gasteiger partial charge in [-0.15, -0.1) is 0 Å². The summed E-state index contributed by atoms with van der Waals surface area (Å²) in [7, 11) is 10.5. The highest BCUT2D eigenvalue weighted by molar-refractivity contribution is 8.76. The summed E-state index contributed by atoms with van der Waals surface area (Å²) in [5.41, 5.74) is 0.308. The van der Waals surface area contributed by atoms with Crippen molar-refractivity contribution in [3.8, 4) is 11.5 Å². The Kier molecular flexibility index (Phi) is 19.9. The van der Waals surface area contributed by atoms with Gasteiger partial charge in [0.05, 0.1) is 29.8 Å². The van der Waals surface area contributed by atoms with Gasteiger partial charge in [0.15, 0.2) is 5.69 Å². The Morgan fingerprint density at radius 3 is 1.59 bits per heavy atom. The zero-order valence-corrected chi connectivity index (χ0v) is 45.9. The van der Waals surface area contributed by atoms with Crippen molar-refractivity contribution in [2.45, 2.75) is 36.1 Å². The van der Waals surface area contributed by atoms with Gasteiger partial charge in [-0.05, 0) is 36.8 Å². The number of nitrogens with zero attached hydrogens (tertiary/aromatic N) is 8. The fourth-order valence-corrected chi connectivity index (χ4v) is 12.4. The van der Waals surface area contributed by atoms with E-state index in [0.29, 0.717) is 21.8 Å². The lowest BCUT2D eigenvalue weighted by atomic mass is 10.00. The first-order chi connectivity index (χ1) is 35.7. The van der Waals surface area contributed by atoms with Crippen molar-refractivity contribution in [3.63, 3.8) is 0 Å². The third kappa shape index (κ3) is 13.5. The second kappa shape index (κ2) is 25.8. The number of pyridine rings is 2. The average molecular weight is 1110 g/mol. The zero-order valence-electron chi connectivity index (χ0n) is 42.7. The highest BCUT2D eigenvalue weighted by Crippen LogP contribution is 2.31. The summed E-state index contributed by atoms with van der Waals surface area (Å²) in [6.07, 6.45) is 3.46. The van der Waals surface area contributed by atoms with Crippen LogP contribution in [0.25, 0.3) is 21.8 Å². The molecular formula is C49H61N11O11S4. The third-order valence-electron chi connectivity index (χ3n) is 13.1. The molecule has 75 heavy (non-hydrogen) atoms. The van der Waals surface area contributed by atoms with Crippen LogP contribution in [0.4, 0.5) is 0 Å². The van der Waals surface area contributed by atoms with E-state index in [-0.39, 0.29) is 41.0 Å². The molecule has 0 aliphatic carbocycles. The van der Waals surface area contributed by atoms with E-state index in [2.05, 4.69) is 25.9 Å². The second-order valence-electron chi connectivity index (χ2n) is 18.0. The summed E-state index contributed by atoms with van der Waals surface area (Å²) in [5, 5.41) is 31.0. The van der Waals surface area contributed by atoms with E-state index in [1.54, 1.807) is 61.0 Å². The molecule has 6 rings (SSSR count). The Morgan fingerprint density at radius 1 is 0.627 bits per heavy atom. The average Bonchev–Trinajstić information content (AvgIpc) is 3.39. The summed E-state index contributed by atoms with van der Waals surface area (Å²) < 4.78 is 0. The number of benzene rings is 2. The van der Waals surface area contributed by atoms with Crippen LogP contribution >= 0.6 is 45.1 Å². The molecule has 2 saturated heterocycles. The Bertz CT molecular complexity index is 2850. The molecule has 0 spiro atoms. The molecule has 0 radical (unpaired) electrons. The summed E-state index contributed by atoms with van der Waals surface area (Å²) in [5.74, 6) is -9.02. The first-order valence-corrected chi connectivity index (χ1v) is 28.8. The quantitative estimate of drug-likeness (QED) is 0.159. The maximum Gasteiger partial charge on any atom is 0.274 e. The number of likely N-dealkylation sites (N-methyl/N-ethyl adjacent to an activating group) is 6. The van der Waals surface area contributed by atoms with E-state index in [9.17, 15) is 53.4 Å². The molecule has 22 nitrogen and oxygen atoms in total. The fraction of sp³-hybridized carbons (Fsp3) is 0.449. The molecule has 5 N–H and O–H groups in total. The number of para-hydroxylation sites is 2. The van der Waals surface area contributed by atoms with Gasteiger partial charge in [0.2, 0.25) is 47.3 Å². The minimum atomic E-state index is -1.58. The van der Waals surface area contributed by atoms with Gasteiger partial charge in [0, 0.05) is 89.2 Å². The second-order valence-corrected chi connectivity index (χ2v) is 22.4. The van der Waals surface area contributed by atoms with Crippen LogP contribution in [0.5, 0.6) is 11.5 Å². The minimum Gasteiger partial charge on any atom is -0.506 e. The monoisotopic (exact) mass is 1110 g/mol. The number of rotatable bonds is 7. The predicted octanol–water partition coefficient (Wildman–Crippen LogP) is 0.668. The predicted molar refractivity (Wildman–Crippen MR) is 290 cm³/mol. The van der Waals surface area contributed by atoms with Crippen molar-refractivity contribution < 1.29 is 53.4 Å². The molecule has 2 fully saturated rings. The molecule has 2 aromatic heterocycles. The Morgan fingerprint density at radius 2 is 1.08 bits per heavy atom. The van der Waals surface area contributed by atoms with E-state index in [1.165, 1.54) is 92.6 Å². The molecular weight excluding hydrogens is 1050 g/mol. The van der Waals surface area contributed by atoms with E-state index in [1.807, 2.05) is 0 Å². The van der Waals surface area contributed by atoms with Crippen LogP contribution in [0.3, 0.4) is 0 Å². The van der Waals surface area contributed by atoms with Crippen molar-refractivity contribution in [2.24, 2.45) is 0 Å². The van der Waals surface area contributed by atoms with Crippen molar-refractivity contribution in [1.29, 1.82) is 0 Å². The van der Waals surface area contributed by atoms with Crippen LogP contribution < -0.4 is 16.0 Å². The maximum atomic E-state index is 14.9. The normalized spacial score (nSPS) is 23.1. The van der Waals surface area contributed by atoms with E-state index < -0.39 is 120 Å². The molecule has 9 amide bonds. The molecule has 0 unspecified atom stereocenters. The van der Waals surface area contributed by atoms with Crippen molar-refractivity contribution in [3.05, 3.63) is 72.1 Å². The van der Waals surface area contributed by atoms with Gasteiger partial charge in [0.25, 0.3) is 5.91 Å². The molecule has 0 saturated carbocycles. The van der Waals surface area contributed by atoms with E-state index in [0.717, 1.165) is 36.3 Å². The minimum absolute atomic E-state index is 0.0511. The molecule has 6 atom stereocenters. The molecule has 2 aliphatic rings. The number of fused-ring (bicyclic) bond motifs is 7. The van der Waals surface area contributed by atoms with E-state index >= 15 is 0 Å². The van der Waals surface area contributed by atoms with Crippen molar-refractivity contribution >= 4 is 120 Å². The van der Waals surface area contributed by atoms with Gasteiger partial charge in [0.1, 0.15) is 47.6 Å². The fourth-order valence-electron chi connectivity index (χ4n) is 8.48. The lowest BCUT2D eigenvalue weighted by Gasteiger charge is -2.37. The summed E-state index contributed by atoms with van der Waals surface area (Å²) >= 11 is 2.51. The number of thioether (sulfide) groups is 2. The Hall–Kier alpha value is -6.51. The third-order valence-corrected chi connectivity index (χ3v) is 16.8. The van der Waals surface area contributed by atoms with Crippen LogP contribution in [0.15, 0.2) is 60.7 Å². The van der Waals surface area contributed by atoms with Crippen molar-refractivity contribution in [1.82, 2.24) is 55.3 Å². The van der Waals surface area contributed by atoms with Crippen LogP contribution in [0.2, 0.25) is 0 Å². The van der Waals surface area contributed by atoms with Crippen LogP contribution in [0, 0.1) is 0 Å². The highest BCUT2D eigenvalue weighted by atomic mass is 33.1. The lowest BCUT2D eigenvalue weighted by Crippen LogP contribution is -2.60. The lowest BCUT2D eigenvalue weighted by molar-refractivity contribution is -0.149. The summed E-state index contributed by atoms with van der Waals surface area (Å²) in [6.45, 7) is -2.21. The van der Waals surface area contributed by atoms with Gasteiger partial charge in [-0.1, -0.05) is 58.0 Å². The summed E-state index contributed by atoms with van der Waals surface area (Å²) in [6, 6.07) is 9.88. The Balaban J connectivity index is 1.42. The molecule has 26 heteroatoms. The number of hydrogen-bond acceptors (Lipinski definition) is 17. The Labute approximate surface area is 450 Å². The van der Waals surface area contributed by atoms with Gasteiger partial charge in [-0.3, -0.25) is 43.2 Å². The maximum absolute atomic E-state index is 14.9. The van der Waals surface area contributed by atoms with Gasteiger partial charge in [-0.25, -0.2) is 9.97 Å². The zero-order chi connectivity index (χ0) is 54.8. The molecule has 402 valence electrons. The topological polar surface area (TPSA) is 275 Å².